The van der Waals surface area contributed by atoms with Crippen molar-refractivity contribution in [1.29, 1.82) is 0 Å². The predicted molar refractivity (Wildman–Crippen MR) is 93.8 cm³/mol. The summed E-state index contributed by atoms with van der Waals surface area (Å²) in [6, 6.07) is 6.11. The van der Waals surface area contributed by atoms with Crippen LogP contribution in [-0.4, -0.2) is 36.6 Å². The Bertz CT molecular complexity index is 1030. The molecule has 138 valence electrons. The van der Waals surface area contributed by atoms with Gasteiger partial charge in [0.1, 0.15) is 0 Å². The van der Waals surface area contributed by atoms with Crippen molar-refractivity contribution in [2.75, 3.05) is 19.5 Å². The highest BCUT2D eigenvalue weighted by Crippen LogP contribution is 2.50. The maximum absolute atomic E-state index is 13.1. The van der Waals surface area contributed by atoms with Crippen LogP contribution < -0.4 is 14.8 Å². The smallest absolute Gasteiger partial charge is 0.338 e. The van der Waals surface area contributed by atoms with Crippen molar-refractivity contribution in [1.82, 2.24) is 0 Å². The van der Waals surface area contributed by atoms with Crippen molar-refractivity contribution >= 4 is 28.8 Å². The molecule has 0 atom stereocenters. The zero-order valence-electron chi connectivity index (χ0n) is 14.6. The van der Waals surface area contributed by atoms with E-state index >= 15 is 0 Å². The summed E-state index contributed by atoms with van der Waals surface area (Å²) in [5.74, 6) is -2.45. The molecule has 0 unspecified atom stereocenters. The molecule has 9 nitrogen and oxygen atoms in total. The minimum absolute atomic E-state index is 0.108. The molecule has 9 heteroatoms. The van der Waals surface area contributed by atoms with Gasteiger partial charge in [-0.1, -0.05) is 24.3 Å². The molecule has 1 aliphatic rings. The average molecular weight is 370 g/mol. The SMILES string of the molecule is COc1c(NC(C)=O)c([N+](=O)[O-])c(OC)c2c1C(=O)c1ccccc1C2=O. The lowest BCUT2D eigenvalue weighted by atomic mass is 9.82. The molecule has 1 amide bonds. The van der Waals surface area contributed by atoms with Crippen molar-refractivity contribution in [2.24, 2.45) is 0 Å². The molecule has 0 fully saturated rings. The van der Waals surface area contributed by atoms with Gasteiger partial charge in [0.15, 0.2) is 23.0 Å². The largest absolute Gasteiger partial charge is 0.493 e. The summed E-state index contributed by atoms with van der Waals surface area (Å²) in [6.07, 6.45) is 0. The van der Waals surface area contributed by atoms with Crippen LogP contribution in [0.4, 0.5) is 11.4 Å². The number of anilines is 1. The average Bonchev–Trinajstić information content (AvgIpc) is 2.64. The molecule has 0 saturated heterocycles. The number of carbonyl (C=O) groups is 3. The van der Waals surface area contributed by atoms with E-state index < -0.39 is 33.8 Å². The number of nitrogens with one attached hydrogen (secondary N) is 1. The summed E-state index contributed by atoms with van der Waals surface area (Å²) in [5, 5.41) is 14.0. The number of ketones is 2. The lowest BCUT2D eigenvalue weighted by Gasteiger charge is -2.23. The van der Waals surface area contributed by atoms with Gasteiger partial charge in [-0.3, -0.25) is 24.5 Å². The Labute approximate surface area is 153 Å². The Morgan fingerprint density at radius 3 is 1.89 bits per heavy atom. The van der Waals surface area contributed by atoms with E-state index in [4.69, 9.17) is 9.47 Å². The van der Waals surface area contributed by atoms with E-state index in [0.29, 0.717) is 0 Å². The summed E-state index contributed by atoms with van der Waals surface area (Å²) in [5.41, 5.74) is -1.21. The van der Waals surface area contributed by atoms with Gasteiger partial charge in [0, 0.05) is 18.1 Å². The van der Waals surface area contributed by atoms with Gasteiger partial charge in [-0.2, -0.15) is 0 Å². The molecular weight excluding hydrogens is 356 g/mol. The first-order valence-electron chi connectivity index (χ1n) is 7.75. The Kier molecular flexibility index (Phi) is 4.36. The van der Waals surface area contributed by atoms with Crippen molar-refractivity contribution in [2.45, 2.75) is 6.92 Å². The highest BCUT2D eigenvalue weighted by molar-refractivity contribution is 6.31. The fourth-order valence-electron chi connectivity index (χ4n) is 3.14. The molecule has 0 bridgehead atoms. The molecule has 0 spiro atoms. The van der Waals surface area contributed by atoms with Crippen molar-refractivity contribution in [3.63, 3.8) is 0 Å². The fraction of sp³-hybridized carbons (Fsp3) is 0.167. The lowest BCUT2D eigenvalue weighted by molar-refractivity contribution is -0.384. The van der Waals surface area contributed by atoms with Gasteiger partial charge in [-0.05, 0) is 0 Å². The Hall–Kier alpha value is -3.75. The van der Waals surface area contributed by atoms with Gasteiger partial charge in [0.2, 0.25) is 11.7 Å². The molecule has 1 aliphatic carbocycles. The number of nitrogens with zero attached hydrogens (tertiary/aromatic N) is 1. The zero-order chi connectivity index (χ0) is 19.9. The zero-order valence-corrected chi connectivity index (χ0v) is 14.6. The van der Waals surface area contributed by atoms with Gasteiger partial charge in [-0.15, -0.1) is 0 Å². The second kappa shape index (κ2) is 6.52. The van der Waals surface area contributed by atoms with Crippen LogP contribution >= 0.6 is 0 Å². The van der Waals surface area contributed by atoms with Gasteiger partial charge in [0.25, 0.3) is 0 Å². The summed E-state index contributed by atoms with van der Waals surface area (Å²) >= 11 is 0. The molecule has 2 aromatic carbocycles. The molecule has 0 saturated carbocycles. The molecule has 0 radical (unpaired) electrons. The number of benzene rings is 2. The number of methoxy groups -OCH3 is 2. The third-order valence-electron chi connectivity index (χ3n) is 4.15. The van der Waals surface area contributed by atoms with Crippen LogP contribution in [-0.2, 0) is 4.79 Å². The van der Waals surface area contributed by atoms with Gasteiger partial charge >= 0.3 is 5.69 Å². The Morgan fingerprint density at radius 2 is 1.48 bits per heavy atom. The highest BCUT2D eigenvalue weighted by Gasteiger charge is 2.42. The normalized spacial score (nSPS) is 12.1. The molecule has 0 aliphatic heterocycles. The van der Waals surface area contributed by atoms with Crippen molar-refractivity contribution < 1.29 is 28.8 Å². The lowest BCUT2D eigenvalue weighted by Crippen LogP contribution is -2.24. The van der Waals surface area contributed by atoms with Crippen LogP contribution in [0.5, 0.6) is 11.5 Å². The fourth-order valence-corrected chi connectivity index (χ4v) is 3.14. The second-order valence-corrected chi connectivity index (χ2v) is 5.68. The van der Waals surface area contributed by atoms with Gasteiger partial charge in [0.05, 0.1) is 30.3 Å². The predicted octanol–water partition coefficient (Wildman–Crippen LogP) is 2.35. The van der Waals surface area contributed by atoms with Crippen LogP contribution in [0.25, 0.3) is 0 Å². The molecule has 27 heavy (non-hydrogen) atoms. The number of nitro benzene ring substituents is 1. The first kappa shape index (κ1) is 18.1. The molecule has 3 rings (SSSR count). The summed E-state index contributed by atoms with van der Waals surface area (Å²) in [4.78, 5) is 48.5. The summed E-state index contributed by atoms with van der Waals surface area (Å²) in [6.45, 7) is 1.15. The van der Waals surface area contributed by atoms with Crippen LogP contribution in [0.3, 0.4) is 0 Å². The molecule has 2 aromatic rings. The molecule has 0 heterocycles. The molecule has 1 N–H and O–H groups in total. The van der Waals surface area contributed by atoms with E-state index in [0.717, 1.165) is 14.0 Å². The van der Waals surface area contributed by atoms with E-state index in [1.54, 1.807) is 12.1 Å². The van der Waals surface area contributed by atoms with Crippen molar-refractivity contribution in [3.8, 4) is 11.5 Å². The molecule has 0 aromatic heterocycles. The maximum atomic E-state index is 13.1. The number of hydrogen-bond donors (Lipinski definition) is 1. The minimum atomic E-state index is -0.800. The van der Waals surface area contributed by atoms with Crippen LogP contribution in [0.15, 0.2) is 24.3 Å². The maximum Gasteiger partial charge on any atom is 0.338 e. The van der Waals surface area contributed by atoms with Gasteiger partial charge < -0.3 is 14.8 Å². The standard InChI is InChI=1S/C18H14N2O7/c1-8(21)19-13-14(20(24)25)18(27-3)12-11(17(13)26-2)15(22)9-6-4-5-7-10(9)16(12)23/h4-7H,1-3H3,(H,19,21). The minimum Gasteiger partial charge on any atom is -0.493 e. The number of fused-ring (bicyclic) bond motifs is 2. The van der Waals surface area contributed by atoms with E-state index in [1.165, 1.54) is 19.2 Å². The number of hydrogen-bond acceptors (Lipinski definition) is 7. The molecular formula is C18H14N2O7. The van der Waals surface area contributed by atoms with E-state index in [2.05, 4.69) is 5.32 Å². The van der Waals surface area contributed by atoms with Crippen molar-refractivity contribution in [3.05, 3.63) is 56.6 Å². The monoisotopic (exact) mass is 370 g/mol. The quantitative estimate of drug-likeness (QED) is 0.552. The summed E-state index contributed by atoms with van der Waals surface area (Å²) in [7, 11) is 2.33. The number of rotatable bonds is 4. The number of amides is 1. The first-order valence-corrected chi connectivity index (χ1v) is 7.75. The van der Waals surface area contributed by atoms with E-state index in [-0.39, 0.29) is 33.7 Å². The van der Waals surface area contributed by atoms with Crippen LogP contribution in [0.1, 0.15) is 38.8 Å². The summed E-state index contributed by atoms with van der Waals surface area (Å²) < 4.78 is 10.4. The first-order chi connectivity index (χ1) is 12.8. The second-order valence-electron chi connectivity index (χ2n) is 5.68. The van der Waals surface area contributed by atoms with Crippen LogP contribution in [0, 0.1) is 10.1 Å². The number of carbonyl (C=O) groups excluding carboxylic acids is 3. The third kappa shape index (κ3) is 2.60. The number of nitro groups is 1. The number of ether oxygens (including phenoxy) is 2. The Morgan fingerprint density at radius 1 is 1.00 bits per heavy atom. The Balaban J connectivity index is 2.50. The third-order valence-corrected chi connectivity index (χ3v) is 4.15. The van der Waals surface area contributed by atoms with E-state index in [9.17, 15) is 24.5 Å². The van der Waals surface area contributed by atoms with Crippen LogP contribution in [0.2, 0.25) is 0 Å². The van der Waals surface area contributed by atoms with Gasteiger partial charge in [-0.25, -0.2) is 0 Å². The van der Waals surface area contributed by atoms with E-state index in [1.807, 2.05) is 0 Å². The highest BCUT2D eigenvalue weighted by atomic mass is 16.6. The topological polar surface area (TPSA) is 125 Å².